The van der Waals surface area contributed by atoms with Crippen LogP contribution in [0, 0.1) is 5.92 Å². The predicted octanol–water partition coefficient (Wildman–Crippen LogP) is 2.41. The van der Waals surface area contributed by atoms with Crippen LogP contribution in [0.4, 0.5) is 0 Å². The van der Waals surface area contributed by atoms with Crippen LogP contribution < -0.4 is 0 Å². The number of ketones is 1. The molecule has 3 heteroatoms. The molecule has 15 heavy (non-hydrogen) atoms. The Labute approximate surface area is 88.7 Å². The van der Waals surface area contributed by atoms with E-state index in [9.17, 15) is 4.79 Å². The van der Waals surface area contributed by atoms with Crippen molar-refractivity contribution in [2.75, 3.05) is 0 Å². The summed E-state index contributed by atoms with van der Waals surface area (Å²) < 4.78 is 1.94. The molecule has 0 aliphatic carbocycles. The zero-order chi connectivity index (χ0) is 11.0. The Morgan fingerprint density at radius 1 is 1.40 bits per heavy atom. The van der Waals surface area contributed by atoms with Gasteiger partial charge in [-0.25, -0.2) is 4.98 Å². The van der Waals surface area contributed by atoms with Crippen LogP contribution in [0.1, 0.15) is 24.2 Å². The van der Waals surface area contributed by atoms with Crippen LogP contribution >= 0.6 is 0 Å². The summed E-state index contributed by atoms with van der Waals surface area (Å²) in [6.07, 6.45) is 1.76. The zero-order valence-corrected chi connectivity index (χ0v) is 9.19. The quantitative estimate of drug-likeness (QED) is 0.701. The summed E-state index contributed by atoms with van der Waals surface area (Å²) >= 11 is 0. The van der Waals surface area contributed by atoms with Crippen LogP contribution in [0.3, 0.4) is 0 Å². The van der Waals surface area contributed by atoms with Crippen molar-refractivity contribution in [2.45, 2.75) is 13.8 Å². The minimum atomic E-state index is 0.0335. The lowest BCUT2D eigenvalue weighted by atomic mass is 10.0. The fourth-order valence-electron chi connectivity index (χ4n) is 1.62. The highest BCUT2D eigenvalue weighted by molar-refractivity contribution is 5.99. The van der Waals surface area contributed by atoms with Crippen LogP contribution in [0.2, 0.25) is 0 Å². The van der Waals surface area contributed by atoms with Gasteiger partial charge in [-0.05, 0) is 18.2 Å². The summed E-state index contributed by atoms with van der Waals surface area (Å²) in [6.45, 7) is 3.82. The number of fused-ring (bicyclic) bond motifs is 1. The lowest BCUT2D eigenvalue weighted by molar-refractivity contribution is 0.0939. The summed E-state index contributed by atoms with van der Waals surface area (Å²) in [5.74, 6) is 0.203. The van der Waals surface area contributed by atoms with Crippen molar-refractivity contribution in [1.29, 1.82) is 0 Å². The fraction of sp³-hybridized carbons (Fsp3) is 0.333. The molecule has 0 bridgehead atoms. The number of hydrogen-bond acceptors (Lipinski definition) is 2. The molecule has 1 aromatic heterocycles. The maximum atomic E-state index is 11.8. The monoisotopic (exact) mass is 202 g/mol. The Morgan fingerprint density at radius 2 is 2.13 bits per heavy atom. The molecular weight excluding hydrogens is 188 g/mol. The number of nitrogens with zero attached hydrogens (tertiary/aromatic N) is 2. The molecule has 2 rings (SSSR count). The van der Waals surface area contributed by atoms with Crippen molar-refractivity contribution < 1.29 is 4.79 Å². The second-order valence-corrected chi connectivity index (χ2v) is 4.08. The van der Waals surface area contributed by atoms with Gasteiger partial charge in [0.1, 0.15) is 0 Å². The van der Waals surface area contributed by atoms with Crippen molar-refractivity contribution >= 4 is 16.8 Å². The number of benzene rings is 1. The summed E-state index contributed by atoms with van der Waals surface area (Å²) in [7, 11) is 1.94. The Hall–Kier alpha value is -1.64. The minimum absolute atomic E-state index is 0.0335. The van der Waals surface area contributed by atoms with Crippen molar-refractivity contribution in [3.8, 4) is 0 Å². The molecule has 0 spiro atoms. The van der Waals surface area contributed by atoms with E-state index in [2.05, 4.69) is 4.98 Å². The predicted molar refractivity (Wildman–Crippen MR) is 59.9 cm³/mol. The topological polar surface area (TPSA) is 34.9 Å². The van der Waals surface area contributed by atoms with Gasteiger partial charge in [-0.1, -0.05) is 13.8 Å². The molecule has 0 saturated carbocycles. The van der Waals surface area contributed by atoms with Crippen LogP contribution in [0.15, 0.2) is 24.5 Å². The third-order valence-electron chi connectivity index (χ3n) is 2.53. The SMILES string of the molecule is CC(C)C(=O)c1ccc2c(c1)ncn2C. The highest BCUT2D eigenvalue weighted by atomic mass is 16.1. The summed E-state index contributed by atoms with van der Waals surface area (Å²) in [5, 5.41) is 0. The number of aryl methyl sites for hydroxylation is 1. The van der Waals surface area contributed by atoms with E-state index in [1.54, 1.807) is 6.33 Å². The van der Waals surface area contributed by atoms with Crippen molar-refractivity contribution in [1.82, 2.24) is 9.55 Å². The largest absolute Gasteiger partial charge is 0.334 e. The fourth-order valence-corrected chi connectivity index (χ4v) is 1.62. The van der Waals surface area contributed by atoms with Gasteiger partial charge in [0.15, 0.2) is 5.78 Å². The van der Waals surface area contributed by atoms with Gasteiger partial charge in [0, 0.05) is 18.5 Å². The molecular formula is C12H14N2O. The molecule has 2 aromatic rings. The average Bonchev–Trinajstić information content (AvgIpc) is 2.59. The highest BCUT2D eigenvalue weighted by Gasteiger charge is 2.11. The number of carbonyl (C=O) groups is 1. The number of imidazole rings is 1. The normalized spacial score (nSPS) is 11.2. The van der Waals surface area contributed by atoms with Crippen LogP contribution in [0.5, 0.6) is 0 Å². The van der Waals surface area contributed by atoms with E-state index in [1.807, 2.05) is 43.7 Å². The maximum Gasteiger partial charge on any atom is 0.165 e. The summed E-state index contributed by atoms with van der Waals surface area (Å²) in [5.41, 5.74) is 2.68. The lowest BCUT2D eigenvalue weighted by Gasteiger charge is -2.03. The van der Waals surface area contributed by atoms with E-state index in [0.717, 1.165) is 16.6 Å². The number of Topliss-reactive ketones (excluding diaryl/α,β-unsaturated/α-hetero) is 1. The van der Waals surface area contributed by atoms with Crippen molar-refractivity contribution in [2.24, 2.45) is 13.0 Å². The van der Waals surface area contributed by atoms with E-state index in [0.29, 0.717) is 0 Å². The molecule has 1 heterocycles. The molecule has 0 unspecified atom stereocenters. The van der Waals surface area contributed by atoms with Crippen molar-refractivity contribution in [3.05, 3.63) is 30.1 Å². The van der Waals surface area contributed by atoms with Crippen molar-refractivity contribution in [3.63, 3.8) is 0 Å². The third kappa shape index (κ3) is 1.65. The molecule has 0 N–H and O–H groups in total. The van der Waals surface area contributed by atoms with E-state index < -0.39 is 0 Å². The Morgan fingerprint density at radius 3 is 2.80 bits per heavy atom. The summed E-state index contributed by atoms with van der Waals surface area (Å²) in [6, 6.07) is 5.67. The van der Waals surface area contributed by atoms with Gasteiger partial charge in [0.05, 0.1) is 17.4 Å². The second-order valence-electron chi connectivity index (χ2n) is 4.08. The van der Waals surface area contributed by atoms with Gasteiger partial charge in [-0.2, -0.15) is 0 Å². The smallest absolute Gasteiger partial charge is 0.165 e. The molecule has 0 aliphatic rings. The molecule has 0 radical (unpaired) electrons. The van der Waals surface area contributed by atoms with E-state index in [-0.39, 0.29) is 11.7 Å². The molecule has 78 valence electrons. The molecule has 0 amide bonds. The van der Waals surface area contributed by atoms with E-state index >= 15 is 0 Å². The molecule has 1 aromatic carbocycles. The summed E-state index contributed by atoms with van der Waals surface area (Å²) in [4.78, 5) is 16.0. The van der Waals surface area contributed by atoms with Gasteiger partial charge in [-0.3, -0.25) is 4.79 Å². The van der Waals surface area contributed by atoms with Gasteiger partial charge in [0.2, 0.25) is 0 Å². The maximum absolute atomic E-state index is 11.8. The first kappa shape index (κ1) is 9.90. The average molecular weight is 202 g/mol. The van der Waals surface area contributed by atoms with Gasteiger partial charge >= 0.3 is 0 Å². The van der Waals surface area contributed by atoms with Crippen LogP contribution in [0.25, 0.3) is 11.0 Å². The first-order valence-corrected chi connectivity index (χ1v) is 5.05. The van der Waals surface area contributed by atoms with E-state index in [4.69, 9.17) is 0 Å². The Kier molecular flexibility index (Phi) is 2.31. The molecule has 0 fully saturated rings. The first-order chi connectivity index (χ1) is 7.09. The van der Waals surface area contributed by atoms with Gasteiger partial charge in [0.25, 0.3) is 0 Å². The number of aromatic nitrogens is 2. The third-order valence-corrected chi connectivity index (χ3v) is 2.53. The first-order valence-electron chi connectivity index (χ1n) is 5.05. The van der Waals surface area contributed by atoms with E-state index in [1.165, 1.54) is 0 Å². The standard InChI is InChI=1S/C12H14N2O/c1-8(2)12(15)9-4-5-11-10(6-9)13-7-14(11)3/h4-8H,1-3H3. The Bertz CT molecular complexity index is 511. The van der Waals surface area contributed by atoms with Gasteiger partial charge in [-0.15, -0.1) is 0 Å². The molecule has 0 aliphatic heterocycles. The minimum Gasteiger partial charge on any atom is -0.334 e. The number of hydrogen-bond donors (Lipinski definition) is 0. The highest BCUT2D eigenvalue weighted by Crippen LogP contribution is 2.16. The lowest BCUT2D eigenvalue weighted by Crippen LogP contribution is -2.07. The van der Waals surface area contributed by atoms with Crippen LogP contribution in [-0.2, 0) is 7.05 Å². The number of rotatable bonds is 2. The number of carbonyl (C=O) groups excluding carboxylic acids is 1. The van der Waals surface area contributed by atoms with Crippen LogP contribution in [-0.4, -0.2) is 15.3 Å². The molecule has 0 atom stereocenters. The molecule has 0 saturated heterocycles. The second kappa shape index (κ2) is 3.50. The Balaban J connectivity index is 2.52. The van der Waals surface area contributed by atoms with Gasteiger partial charge < -0.3 is 4.57 Å². The zero-order valence-electron chi connectivity index (χ0n) is 9.19. The molecule has 3 nitrogen and oxygen atoms in total.